The summed E-state index contributed by atoms with van der Waals surface area (Å²) in [4.78, 5) is 37.4. The van der Waals surface area contributed by atoms with Crippen LogP contribution >= 0.6 is 0 Å². The molecule has 3 N–H and O–H groups in total. The van der Waals surface area contributed by atoms with Crippen molar-refractivity contribution in [3.63, 3.8) is 0 Å². The SMILES string of the molecule is Nc1cccc2c1C(=O)N(C(=O)CCC1CCNC1)C2=O. The number of nitrogens with one attached hydrogen (secondary N) is 1. The first kappa shape index (κ1) is 13.8. The van der Waals surface area contributed by atoms with Crippen molar-refractivity contribution >= 4 is 23.4 Å². The van der Waals surface area contributed by atoms with Gasteiger partial charge in [0.2, 0.25) is 5.91 Å². The highest BCUT2D eigenvalue weighted by Crippen LogP contribution is 2.28. The van der Waals surface area contributed by atoms with E-state index in [1.165, 1.54) is 6.07 Å². The van der Waals surface area contributed by atoms with Crippen LogP contribution in [0.2, 0.25) is 0 Å². The normalized spacial score (nSPS) is 21.0. The number of carbonyl (C=O) groups is 3. The molecule has 0 aliphatic carbocycles. The van der Waals surface area contributed by atoms with E-state index in [4.69, 9.17) is 5.73 Å². The minimum absolute atomic E-state index is 0.151. The van der Waals surface area contributed by atoms with Crippen LogP contribution in [0.25, 0.3) is 0 Å². The fourth-order valence-corrected chi connectivity index (χ4v) is 2.94. The lowest BCUT2D eigenvalue weighted by Gasteiger charge is -2.13. The lowest BCUT2D eigenvalue weighted by Crippen LogP contribution is -2.36. The minimum atomic E-state index is -0.595. The standard InChI is InChI=1S/C15H17N3O3/c16-11-3-1-2-10-13(11)15(21)18(14(10)20)12(19)5-4-9-6-7-17-8-9/h1-3,9,17H,4-8,16H2. The quantitative estimate of drug-likeness (QED) is 0.633. The molecule has 6 nitrogen and oxygen atoms in total. The number of nitrogens with zero attached hydrogens (tertiary/aromatic N) is 1. The largest absolute Gasteiger partial charge is 0.398 e. The maximum absolute atomic E-state index is 12.3. The molecule has 1 atom stereocenters. The Morgan fingerprint density at radius 1 is 1.33 bits per heavy atom. The Bertz CT molecular complexity index is 621. The molecule has 0 bridgehead atoms. The van der Waals surface area contributed by atoms with E-state index in [2.05, 4.69) is 5.32 Å². The van der Waals surface area contributed by atoms with E-state index in [1.54, 1.807) is 12.1 Å². The van der Waals surface area contributed by atoms with E-state index in [0.29, 0.717) is 12.3 Å². The molecule has 1 aromatic carbocycles. The zero-order chi connectivity index (χ0) is 15.0. The van der Waals surface area contributed by atoms with E-state index in [9.17, 15) is 14.4 Å². The highest BCUT2D eigenvalue weighted by molar-refractivity contribution is 6.30. The predicted molar refractivity (Wildman–Crippen MR) is 76.6 cm³/mol. The first-order chi connectivity index (χ1) is 10.1. The van der Waals surface area contributed by atoms with Crippen molar-refractivity contribution in [2.75, 3.05) is 18.8 Å². The Morgan fingerprint density at radius 3 is 2.81 bits per heavy atom. The van der Waals surface area contributed by atoms with Crippen LogP contribution in [0.4, 0.5) is 5.69 Å². The van der Waals surface area contributed by atoms with Crippen molar-refractivity contribution in [1.82, 2.24) is 10.2 Å². The number of hydrogen-bond acceptors (Lipinski definition) is 5. The molecule has 1 fully saturated rings. The second kappa shape index (κ2) is 5.29. The van der Waals surface area contributed by atoms with E-state index in [1.807, 2.05) is 0 Å². The molecule has 2 aliphatic heterocycles. The van der Waals surface area contributed by atoms with Gasteiger partial charge in [-0.1, -0.05) is 6.07 Å². The van der Waals surface area contributed by atoms with Crippen LogP contribution in [0.1, 0.15) is 40.0 Å². The summed E-state index contributed by atoms with van der Waals surface area (Å²) in [5.74, 6) is -1.15. The van der Waals surface area contributed by atoms with E-state index in [-0.39, 0.29) is 23.2 Å². The summed E-state index contributed by atoms with van der Waals surface area (Å²) in [5.41, 5.74) is 6.35. The highest BCUT2D eigenvalue weighted by Gasteiger charge is 2.40. The zero-order valence-corrected chi connectivity index (χ0v) is 11.6. The average Bonchev–Trinajstić information content (AvgIpc) is 3.05. The molecule has 2 aliphatic rings. The topological polar surface area (TPSA) is 92.5 Å². The predicted octanol–water partition coefficient (Wildman–Crippen LogP) is 0.781. The third kappa shape index (κ3) is 2.31. The first-order valence-electron chi connectivity index (χ1n) is 7.10. The molecule has 1 unspecified atom stereocenters. The number of hydrogen-bond donors (Lipinski definition) is 2. The van der Waals surface area contributed by atoms with Crippen molar-refractivity contribution in [1.29, 1.82) is 0 Å². The number of rotatable bonds is 3. The van der Waals surface area contributed by atoms with Gasteiger partial charge in [0.15, 0.2) is 0 Å². The lowest BCUT2D eigenvalue weighted by molar-refractivity contribution is -0.126. The molecule has 0 spiro atoms. The van der Waals surface area contributed by atoms with Crippen LogP contribution in [0.5, 0.6) is 0 Å². The smallest absolute Gasteiger partial charge is 0.270 e. The lowest BCUT2D eigenvalue weighted by atomic mass is 10.0. The van der Waals surface area contributed by atoms with Gasteiger partial charge in [0.25, 0.3) is 11.8 Å². The molecular formula is C15H17N3O3. The second-order valence-electron chi connectivity index (χ2n) is 5.51. The van der Waals surface area contributed by atoms with Gasteiger partial charge in [-0.2, -0.15) is 0 Å². The molecule has 3 rings (SSSR count). The van der Waals surface area contributed by atoms with E-state index >= 15 is 0 Å². The van der Waals surface area contributed by atoms with Gasteiger partial charge in [0.1, 0.15) is 0 Å². The summed E-state index contributed by atoms with van der Waals surface area (Å²) < 4.78 is 0. The maximum Gasteiger partial charge on any atom is 0.270 e. The molecule has 1 aromatic rings. The van der Waals surface area contributed by atoms with Crippen LogP contribution in [-0.2, 0) is 4.79 Å². The van der Waals surface area contributed by atoms with Crippen molar-refractivity contribution < 1.29 is 14.4 Å². The number of carbonyl (C=O) groups excluding carboxylic acids is 3. The van der Waals surface area contributed by atoms with Crippen molar-refractivity contribution in [2.45, 2.75) is 19.3 Å². The fourth-order valence-electron chi connectivity index (χ4n) is 2.94. The van der Waals surface area contributed by atoms with Crippen molar-refractivity contribution in [3.8, 4) is 0 Å². The van der Waals surface area contributed by atoms with Gasteiger partial charge in [0, 0.05) is 12.1 Å². The molecule has 21 heavy (non-hydrogen) atoms. The number of anilines is 1. The highest BCUT2D eigenvalue weighted by atomic mass is 16.2. The summed E-state index contributed by atoms with van der Waals surface area (Å²) in [6, 6.07) is 4.69. The van der Waals surface area contributed by atoms with Crippen LogP contribution in [0, 0.1) is 5.92 Å². The summed E-state index contributed by atoms with van der Waals surface area (Å²) in [6.45, 7) is 1.85. The Hall–Kier alpha value is -2.21. The fraction of sp³-hybridized carbons (Fsp3) is 0.400. The van der Waals surface area contributed by atoms with E-state index < -0.39 is 17.7 Å². The second-order valence-corrected chi connectivity index (χ2v) is 5.51. The Morgan fingerprint density at radius 2 is 2.14 bits per heavy atom. The molecule has 110 valence electrons. The van der Waals surface area contributed by atoms with Gasteiger partial charge >= 0.3 is 0 Å². The minimum Gasteiger partial charge on any atom is -0.398 e. The number of benzene rings is 1. The molecular weight excluding hydrogens is 270 g/mol. The molecule has 2 heterocycles. The van der Waals surface area contributed by atoms with Crippen molar-refractivity contribution in [3.05, 3.63) is 29.3 Å². The average molecular weight is 287 g/mol. The van der Waals surface area contributed by atoms with Crippen LogP contribution in [-0.4, -0.2) is 35.7 Å². The molecule has 6 heteroatoms. The van der Waals surface area contributed by atoms with Crippen LogP contribution in [0.3, 0.4) is 0 Å². The molecule has 0 saturated carbocycles. The van der Waals surface area contributed by atoms with Gasteiger partial charge in [0.05, 0.1) is 11.1 Å². The third-order valence-corrected chi connectivity index (χ3v) is 4.13. The van der Waals surface area contributed by atoms with Gasteiger partial charge in [-0.15, -0.1) is 0 Å². The number of amides is 3. The monoisotopic (exact) mass is 287 g/mol. The summed E-state index contributed by atoms with van der Waals surface area (Å²) in [7, 11) is 0. The number of nitrogens with two attached hydrogens (primary N) is 1. The number of imide groups is 3. The first-order valence-corrected chi connectivity index (χ1v) is 7.10. The van der Waals surface area contributed by atoms with Crippen LogP contribution < -0.4 is 11.1 Å². The Balaban J connectivity index is 1.74. The maximum atomic E-state index is 12.3. The third-order valence-electron chi connectivity index (χ3n) is 4.13. The van der Waals surface area contributed by atoms with Gasteiger partial charge in [-0.3, -0.25) is 14.4 Å². The van der Waals surface area contributed by atoms with Gasteiger partial charge in [-0.25, -0.2) is 4.90 Å². The van der Waals surface area contributed by atoms with Crippen molar-refractivity contribution in [2.24, 2.45) is 5.92 Å². The van der Waals surface area contributed by atoms with Crippen LogP contribution in [0.15, 0.2) is 18.2 Å². The van der Waals surface area contributed by atoms with E-state index in [0.717, 1.165) is 24.4 Å². The molecule has 0 aromatic heterocycles. The number of fused-ring (bicyclic) bond motifs is 1. The number of nitrogen functional groups attached to an aromatic ring is 1. The summed E-state index contributed by atoms with van der Waals surface area (Å²) >= 11 is 0. The molecule has 3 amide bonds. The zero-order valence-electron chi connectivity index (χ0n) is 11.6. The Kier molecular flexibility index (Phi) is 3.47. The van der Waals surface area contributed by atoms with Gasteiger partial charge < -0.3 is 11.1 Å². The Labute approximate surface area is 122 Å². The summed E-state index contributed by atoms with van der Waals surface area (Å²) in [6.07, 6.45) is 1.93. The molecule has 0 radical (unpaired) electrons. The van der Waals surface area contributed by atoms with Gasteiger partial charge in [-0.05, 0) is 44.0 Å². The summed E-state index contributed by atoms with van der Waals surface area (Å²) in [5, 5.41) is 3.23. The molecule has 1 saturated heterocycles.